The van der Waals surface area contributed by atoms with Crippen LogP contribution < -0.4 is 9.62 Å². The van der Waals surface area contributed by atoms with E-state index in [0.717, 1.165) is 6.07 Å². The maximum Gasteiger partial charge on any atom is 0.416 e. The largest absolute Gasteiger partial charge is 0.596 e. The summed E-state index contributed by atoms with van der Waals surface area (Å²) in [7, 11) is 0. The number of halogens is 5. The second-order valence-electron chi connectivity index (χ2n) is 5.18. The lowest BCUT2D eigenvalue weighted by Crippen LogP contribution is -2.24. The summed E-state index contributed by atoms with van der Waals surface area (Å²) in [5.74, 6) is -1.49. The number of nitriles is 1. The molecule has 2 aromatic carbocycles. The van der Waals surface area contributed by atoms with E-state index in [1.165, 1.54) is 18.4 Å². The molecule has 0 aliphatic heterocycles. The van der Waals surface area contributed by atoms with E-state index in [1.54, 1.807) is 6.07 Å². The van der Waals surface area contributed by atoms with Crippen LogP contribution in [0, 0.1) is 11.3 Å². The number of carbonyl (C=O) groups is 1. The van der Waals surface area contributed by atoms with E-state index in [1.807, 2.05) is 4.89 Å². The van der Waals surface area contributed by atoms with E-state index in [4.69, 9.17) is 33.2 Å². The second kappa shape index (κ2) is 9.53. The van der Waals surface area contributed by atoms with Gasteiger partial charge in [-0.3, -0.25) is 4.89 Å². The first-order chi connectivity index (χ1) is 13.5. The van der Waals surface area contributed by atoms with Gasteiger partial charge in [0.25, 0.3) is 0 Å². The molecule has 0 spiro atoms. The van der Waals surface area contributed by atoms with Crippen molar-refractivity contribution < 1.29 is 37.1 Å². The highest BCUT2D eigenvalue weighted by atomic mass is 35.5. The Morgan fingerprint density at radius 2 is 1.86 bits per heavy atom. The molecule has 0 aliphatic rings. The van der Waals surface area contributed by atoms with Crippen molar-refractivity contribution in [2.45, 2.75) is 6.18 Å². The minimum absolute atomic E-state index is 0.0773. The van der Waals surface area contributed by atoms with E-state index >= 15 is 0 Å². The molecule has 0 radical (unpaired) electrons. The van der Waals surface area contributed by atoms with Crippen molar-refractivity contribution >= 4 is 40.5 Å². The van der Waals surface area contributed by atoms with Gasteiger partial charge in [-0.25, -0.2) is 4.79 Å². The van der Waals surface area contributed by atoms with Crippen LogP contribution in [0.3, 0.4) is 0 Å². The molecule has 1 N–H and O–H groups in total. The first-order valence-corrected chi connectivity index (χ1v) is 9.59. The van der Waals surface area contributed by atoms with E-state index in [2.05, 4.69) is 9.88 Å². The molecule has 0 heterocycles. The highest BCUT2D eigenvalue weighted by Crippen LogP contribution is 2.41. The summed E-state index contributed by atoms with van der Waals surface area (Å²) in [6.45, 7) is 0. The fraction of sp³-hybridized carbons (Fsp3) is 0.125. The molecule has 2 aromatic rings. The van der Waals surface area contributed by atoms with Crippen LogP contribution in [0.5, 0.6) is 11.5 Å². The molecule has 0 bridgehead atoms. The Morgan fingerprint density at radius 1 is 1.24 bits per heavy atom. The quantitative estimate of drug-likeness (QED) is 0.376. The molecule has 0 aromatic heterocycles. The topological polar surface area (TPSA) is 104 Å². The van der Waals surface area contributed by atoms with Crippen LogP contribution in [0.15, 0.2) is 30.3 Å². The van der Waals surface area contributed by atoms with Crippen molar-refractivity contribution in [3.05, 3.63) is 57.1 Å². The average Bonchev–Trinajstić information content (AvgIpc) is 2.63. The Balaban J connectivity index is 2.31. The molecule has 0 amide bonds. The Hall–Kier alpha value is -2.20. The van der Waals surface area contributed by atoms with Crippen molar-refractivity contribution in [3.8, 4) is 17.6 Å². The first kappa shape index (κ1) is 23.1. The molecule has 13 heteroatoms. The van der Waals surface area contributed by atoms with Crippen LogP contribution in [0.25, 0.3) is 0 Å². The third kappa shape index (κ3) is 6.14. The molecule has 2 rings (SSSR count). The summed E-state index contributed by atoms with van der Waals surface area (Å²) >= 11 is 10.0. The van der Waals surface area contributed by atoms with Crippen molar-refractivity contribution in [2.24, 2.45) is 0 Å². The third-order valence-corrected chi connectivity index (χ3v) is 4.01. The van der Waals surface area contributed by atoms with Crippen LogP contribution in [0.2, 0.25) is 10.0 Å². The monoisotopic (exact) mass is 468 g/mol. The Labute approximate surface area is 175 Å². The van der Waals surface area contributed by atoms with Crippen LogP contribution in [-0.2, 0) is 27.4 Å². The standard InChI is InChI=1S/C16H9Cl2F3N2O5S/c1-29(25)23-28-27-15(24)11-6-10(3-2-8(11)7-22)26-14-12(17)4-9(5-13(14)18)16(19,20)21/h2-6,23H,1H3. The second-order valence-corrected chi connectivity index (χ2v) is 7.07. The van der Waals surface area contributed by atoms with Gasteiger partial charge in [-0.05, 0) is 35.3 Å². The maximum atomic E-state index is 12.8. The van der Waals surface area contributed by atoms with Gasteiger partial charge in [-0.1, -0.05) is 23.2 Å². The van der Waals surface area contributed by atoms with Crippen LogP contribution in [-0.4, -0.2) is 16.8 Å². The molecule has 154 valence electrons. The zero-order valence-corrected chi connectivity index (χ0v) is 16.5. The number of carbonyl (C=O) groups excluding carboxylic acids is 1. The summed E-state index contributed by atoms with van der Waals surface area (Å²) in [5.41, 5.74) is -1.48. The Morgan fingerprint density at radius 3 is 2.38 bits per heavy atom. The minimum atomic E-state index is -4.66. The van der Waals surface area contributed by atoms with Gasteiger partial charge in [-0.2, -0.15) is 18.4 Å². The number of rotatable bonds is 6. The number of benzene rings is 2. The van der Waals surface area contributed by atoms with Crippen molar-refractivity contribution in [1.29, 1.82) is 5.26 Å². The van der Waals surface area contributed by atoms with Crippen LogP contribution >= 0.6 is 23.2 Å². The first-order valence-electron chi connectivity index (χ1n) is 7.28. The van der Waals surface area contributed by atoms with Gasteiger partial charge in [0, 0.05) is 4.89 Å². The van der Waals surface area contributed by atoms with Gasteiger partial charge in [0.1, 0.15) is 18.1 Å². The summed E-state index contributed by atoms with van der Waals surface area (Å²) in [5, 5.41) is 8.26. The maximum absolute atomic E-state index is 12.8. The molecular weight excluding hydrogens is 460 g/mol. The minimum Gasteiger partial charge on any atom is -0.596 e. The van der Waals surface area contributed by atoms with Gasteiger partial charge in [0.15, 0.2) is 5.75 Å². The number of nitrogens with one attached hydrogen (secondary N) is 1. The highest BCUT2D eigenvalue weighted by molar-refractivity contribution is 7.88. The normalized spacial score (nSPS) is 12.2. The predicted molar refractivity (Wildman–Crippen MR) is 96.4 cm³/mol. The lowest BCUT2D eigenvalue weighted by Gasteiger charge is -2.14. The third-order valence-electron chi connectivity index (χ3n) is 3.15. The molecule has 1 unspecified atom stereocenters. The molecule has 29 heavy (non-hydrogen) atoms. The fourth-order valence-corrected chi connectivity index (χ4v) is 2.63. The van der Waals surface area contributed by atoms with Gasteiger partial charge in [0.2, 0.25) is 0 Å². The van der Waals surface area contributed by atoms with E-state index in [9.17, 15) is 22.5 Å². The van der Waals surface area contributed by atoms with E-state index < -0.39 is 39.1 Å². The van der Waals surface area contributed by atoms with Gasteiger partial charge in [0.05, 0.1) is 38.1 Å². The number of alkyl halides is 3. The highest BCUT2D eigenvalue weighted by Gasteiger charge is 2.32. The molecule has 0 aliphatic carbocycles. The fourth-order valence-electron chi connectivity index (χ4n) is 1.94. The number of nitrogens with zero attached hydrogens (tertiary/aromatic N) is 1. The number of hydrogen-bond donors (Lipinski definition) is 1. The summed E-state index contributed by atoms with van der Waals surface area (Å²) in [6, 6.07) is 6.53. The molecule has 7 nitrogen and oxygen atoms in total. The Kier molecular flexibility index (Phi) is 7.59. The Bertz CT molecular complexity index is 944. The van der Waals surface area contributed by atoms with Crippen LogP contribution in [0.1, 0.15) is 21.5 Å². The number of hydrogen-bond acceptors (Lipinski definition) is 7. The zero-order valence-electron chi connectivity index (χ0n) is 14.2. The van der Waals surface area contributed by atoms with Gasteiger partial charge >= 0.3 is 12.1 Å². The smallest absolute Gasteiger partial charge is 0.416 e. The molecule has 0 fully saturated rings. The van der Waals surface area contributed by atoms with Crippen molar-refractivity contribution in [1.82, 2.24) is 4.89 Å². The molecule has 0 saturated heterocycles. The van der Waals surface area contributed by atoms with Crippen molar-refractivity contribution in [3.63, 3.8) is 0 Å². The summed E-state index contributed by atoms with van der Waals surface area (Å²) in [6.07, 6.45) is -3.45. The predicted octanol–water partition coefficient (Wildman–Crippen LogP) is 4.56. The molecule has 0 saturated carbocycles. The average molecular weight is 469 g/mol. The lowest BCUT2D eigenvalue weighted by molar-refractivity contribution is -0.265. The zero-order chi connectivity index (χ0) is 21.8. The summed E-state index contributed by atoms with van der Waals surface area (Å²) < 4.78 is 54.6. The number of ether oxygens (including phenoxy) is 1. The lowest BCUT2D eigenvalue weighted by atomic mass is 10.1. The SMILES string of the molecule is C[S+]([O-])NOOC(=O)c1cc(Oc2c(Cl)cc(C(F)(F)F)cc2Cl)ccc1C#N. The van der Waals surface area contributed by atoms with Crippen LogP contribution in [0.4, 0.5) is 13.2 Å². The van der Waals surface area contributed by atoms with Crippen molar-refractivity contribution in [2.75, 3.05) is 6.26 Å². The van der Waals surface area contributed by atoms with Gasteiger partial charge in [-0.15, -0.1) is 0 Å². The molecular formula is C16H9Cl2F3N2O5S. The van der Waals surface area contributed by atoms with E-state index in [-0.39, 0.29) is 22.6 Å². The molecule has 1 atom stereocenters. The van der Waals surface area contributed by atoms with E-state index in [0.29, 0.717) is 12.1 Å². The van der Waals surface area contributed by atoms with Gasteiger partial charge < -0.3 is 9.29 Å². The summed E-state index contributed by atoms with van der Waals surface area (Å²) in [4.78, 5) is 22.5.